The van der Waals surface area contributed by atoms with Gasteiger partial charge in [0.25, 0.3) is 5.56 Å². The average molecular weight is 912 g/mol. The highest BCUT2D eigenvalue weighted by atomic mass is 16.1. The zero-order valence-electron chi connectivity index (χ0n) is 37.8. The SMILES string of the molecule is O=c1c2cc3c(cc2c2cc4c5ccccc5n(-c5nc(-c6ccccc6)nc(-c6ccccc6)n5)c4cc2n1-c1ccccc1)c1ccccc1n3-c1nc(-c2ccccc2)nc(-c2ccccc2)n1. The maximum atomic E-state index is 15.7. The Morgan fingerprint density at radius 3 is 1.03 bits per heavy atom. The summed E-state index contributed by atoms with van der Waals surface area (Å²) in [5.74, 6) is 3.13. The van der Waals surface area contributed by atoms with Gasteiger partial charge in [0.2, 0.25) is 11.9 Å². The number of hydrogen-bond donors (Lipinski definition) is 0. The molecule has 0 radical (unpaired) electrons. The van der Waals surface area contributed by atoms with E-state index in [4.69, 9.17) is 29.9 Å². The third-order valence-corrected chi connectivity index (χ3v) is 13.4. The van der Waals surface area contributed by atoms with Gasteiger partial charge in [-0.2, -0.15) is 19.9 Å². The van der Waals surface area contributed by atoms with Crippen LogP contribution in [0.1, 0.15) is 0 Å². The number of fused-ring (bicyclic) bond motifs is 9. The molecule has 9 aromatic carbocycles. The van der Waals surface area contributed by atoms with Gasteiger partial charge in [0.15, 0.2) is 23.3 Å². The second-order valence-electron chi connectivity index (χ2n) is 17.5. The van der Waals surface area contributed by atoms with Gasteiger partial charge in [0.05, 0.1) is 33.0 Å². The first-order valence-corrected chi connectivity index (χ1v) is 23.4. The first-order chi connectivity index (χ1) is 35.1. The van der Waals surface area contributed by atoms with Crippen LogP contribution in [0, 0.1) is 0 Å². The van der Waals surface area contributed by atoms with E-state index in [0.717, 1.165) is 87.8 Å². The predicted molar refractivity (Wildman–Crippen MR) is 284 cm³/mol. The predicted octanol–water partition coefficient (Wildman–Crippen LogP) is 13.4. The van der Waals surface area contributed by atoms with E-state index >= 15 is 4.79 Å². The van der Waals surface area contributed by atoms with Gasteiger partial charge in [-0.25, -0.2) is 9.97 Å². The molecular weight excluding hydrogens is 875 g/mol. The maximum Gasteiger partial charge on any atom is 0.263 e. The fourth-order valence-corrected chi connectivity index (χ4v) is 10.1. The highest BCUT2D eigenvalue weighted by molar-refractivity contribution is 6.21. The maximum absolute atomic E-state index is 15.7. The first-order valence-electron chi connectivity index (χ1n) is 23.4. The summed E-state index contributed by atoms with van der Waals surface area (Å²) in [4.78, 5) is 46.4. The van der Waals surface area contributed by atoms with Crippen molar-refractivity contribution in [2.75, 3.05) is 0 Å². The normalized spacial score (nSPS) is 11.7. The molecule has 0 fully saturated rings. The highest BCUT2D eigenvalue weighted by Crippen LogP contribution is 2.40. The Morgan fingerprint density at radius 1 is 0.254 bits per heavy atom. The van der Waals surface area contributed by atoms with Crippen LogP contribution in [0.4, 0.5) is 0 Å². The van der Waals surface area contributed by atoms with Crippen LogP contribution < -0.4 is 5.56 Å². The van der Waals surface area contributed by atoms with Crippen molar-refractivity contribution in [3.8, 4) is 63.1 Å². The van der Waals surface area contributed by atoms with Crippen molar-refractivity contribution in [1.29, 1.82) is 0 Å². The lowest BCUT2D eigenvalue weighted by molar-refractivity contribution is 0.952. The fraction of sp³-hybridized carbons (Fsp3) is 0. The molecule has 0 amide bonds. The summed E-state index contributed by atoms with van der Waals surface area (Å²) in [5.41, 5.74) is 8.28. The molecule has 14 rings (SSSR count). The molecule has 5 aromatic heterocycles. The van der Waals surface area contributed by atoms with E-state index in [1.165, 1.54) is 0 Å². The molecular formula is C61H37N9O. The zero-order chi connectivity index (χ0) is 47.0. The minimum atomic E-state index is -0.164. The molecule has 0 unspecified atom stereocenters. The first kappa shape index (κ1) is 40.2. The molecule has 10 nitrogen and oxygen atoms in total. The second kappa shape index (κ2) is 16.1. The van der Waals surface area contributed by atoms with Crippen molar-refractivity contribution in [3.05, 3.63) is 235 Å². The summed E-state index contributed by atoms with van der Waals surface area (Å²) in [7, 11) is 0. The minimum absolute atomic E-state index is 0.164. The average Bonchev–Trinajstić information content (AvgIpc) is 3.95. The van der Waals surface area contributed by atoms with Crippen LogP contribution in [0.3, 0.4) is 0 Å². The summed E-state index contributed by atoms with van der Waals surface area (Å²) in [6, 6.07) is 74.9. The lowest BCUT2D eigenvalue weighted by Gasteiger charge is -2.16. The van der Waals surface area contributed by atoms with Gasteiger partial charge < -0.3 is 0 Å². The molecule has 0 saturated heterocycles. The van der Waals surface area contributed by atoms with Crippen molar-refractivity contribution >= 4 is 65.3 Å². The summed E-state index contributed by atoms with van der Waals surface area (Å²) in [6.07, 6.45) is 0. The van der Waals surface area contributed by atoms with E-state index in [1.54, 1.807) is 0 Å². The Balaban J connectivity index is 1.08. The van der Waals surface area contributed by atoms with E-state index in [0.29, 0.717) is 40.6 Å². The van der Waals surface area contributed by atoms with Crippen LogP contribution in [0.25, 0.3) is 128 Å². The van der Waals surface area contributed by atoms with E-state index in [9.17, 15) is 0 Å². The van der Waals surface area contributed by atoms with E-state index in [-0.39, 0.29) is 5.56 Å². The largest absolute Gasteiger partial charge is 0.278 e. The topological polar surface area (TPSA) is 109 Å². The molecule has 0 aliphatic heterocycles. The molecule has 14 aromatic rings. The lowest BCUT2D eigenvalue weighted by atomic mass is 10.0. The molecule has 0 aliphatic rings. The van der Waals surface area contributed by atoms with Crippen molar-refractivity contribution in [3.63, 3.8) is 0 Å². The molecule has 0 N–H and O–H groups in total. The summed E-state index contributed by atoms with van der Waals surface area (Å²) < 4.78 is 6.01. The number of hydrogen-bond acceptors (Lipinski definition) is 7. The molecule has 0 saturated carbocycles. The lowest BCUT2D eigenvalue weighted by Crippen LogP contribution is -2.19. The Morgan fingerprint density at radius 2 is 0.592 bits per heavy atom. The van der Waals surface area contributed by atoms with Gasteiger partial charge in [-0.05, 0) is 53.9 Å². The van der Waals surface area contributed by atoms with Gasteiger partial charge >= 0.3 is 0 Å². The molecule has 10 heteroatoms. The van der Waals surface area contributed by atoms with Crippen molar-refractivity contribution in [2.24, 2.45) is 0 Å². The molecule has 0 spiro atoms. The van der Waals surface area contributed by atoms with Crippen LogP contribution in [-0.4, -0.2) is 43.6 Å². The van der Waals surface area contributed by atoms with Gasteiger partial charge in [-0.1, -0.05) is 176 Å². The van der Waals surface area contributed by atoms with Crippen molar-refractivity contribution < 1.29 is 0 Å². The third kappa shape index (κ3) is 6.53. The quantitative estimate of drug-likeness (QED) is 0.146. The van der Waals surface area contributed by atoms with Gasteiger partial charge in [-0.3, -0.25) is 18.5 Å². The summed E-state index contributed by atoms with van der Waals surface area (Å²) in [5, 5.41) is 6.28. The highest BCUT2D eigenvalue weighted by Gasteiger charge is 2.24. The number of rotatable bonds is 7. The van der Waals surface area contributed by atoms with Crippen molar-refractivity contribution in [1.82, 2.24) is 43.6 Å². The molecule has 5 heterocycles. The Labute approximate surface area is 405 Å². The van der Waals surface area contributed by atoms with E-state index in [2.05, 4.69) is 57.7 Å². The zero-order valence-corrected chi connectivity index (χ0v) is 37.8. The smallest absolute Gasteiger partial charge is 0.263 e. The number of nitrogens with zero attached hydrogens (tertiary/aromatic N) is 9. The monoisotopic (exact) mass is 911 g/mol. The van der Waals surface area contributed by atoms with Gasteiger partial charge in [0, 0.05) is 54.9 Å². The van der Waals surface area contributed by atoms with Crippen LogP contribution in [0.15, 0.2) is 229 Å². The summed E-state index contributed by atoms with van der Waals surface area (Å²) >= 11 is 0. The number of para-hydroxylation sites is 3. The Kier molecular flexibility index (Phi) is 9.11. The molecule has 0 bridgehead atoms. The molecule has 332 valence electrons. The summed E-state index contributed by atoms with van der Waals surface area (Å²) in [6.45, 7) is 0. The van der Waals surface area contributed by atoms with E-state index in [1.807, 2.05) is 180 Å². The number of aromatic nitrogens is 9. The minimum Gasteiger partial charge on any atom is -0.278 e. The van der Waals surface area contributed by atoms with Gasteiger partial charge in [0.1, 0.15) is 0 Å². The molecule has 71 heavy (non-hydrogen) atoms. The standard InChI is InChI=1S/C61H37N9O/c71-59-49-36-52-46(43-30-16-18-32-50(43)69(52)60-64-55(38-20-6-1-7-21-38)62-56(65-60)39-22-8-2-9-23-39)34-45(49)48-35-47-44-31-17-19-33-51(44)70(54(47)37-53(48)68(59)42-28-14-5-15-29-42)61-66-57(40-24-10-3-11-25-40)63-58(67-61)41-26-12-4-13-27-41/h1-37H. The van der Waals surface area contributed by atoms with E-state index < -0.39 is 0 Å². The number of benzene rings is 9. The van der Waals surface area contributed by atoms with Crippen LogP contribution in [-0.2, 0) is 0 Å². The van der Waals surface area contributed by atoms with Gasteiger partial charge in [-0.15, -0.1) is 0 Å². The van der Waals surface area contributed by atoms with Crippen LogP contribution in [0.2, 0.25) is 0 Å². The fourth-order valence-electron chi connectivity index (χ4n) is 10.1. The van der Waals surface area contributed by atoms with Crippen LogP contribution in [0.5, 0.6) is 0 Å². The second-order valence-corrected chi connectivity index (χ2v) is 17.5. The number of pyridine rings is 1. The Hall–Kier alpha value is -9.93. The Bertz CT molecular complexity index is 4340. The molecule has 0 aliphatic carbocycles. The van der Waals surface area contributed by atoms with Crippen LogP contribution >= 0.6 is 0 Å². The van der Waals surface area contributed by atoms with Crippen molar-refractivity contribution in [2.45, 2.75) is 0 Å². The third-order valence-electron chi connectivity index (χ3n) is 13.4. The molecule has 0 atom stereocenters.